The summed E-state index contributed by atoms with van der Waals surface area (Å²) in [4.78, 5) is 0. The molecule has 0 bridgehead atoms. The minimum absolute atomic E-state index is 0.669. The molecule has 18 heavy (non-hydrogen) atoms. The van der Waals surface area contributed by atoms with E-state index in [-0.39, 0.29) is 0 Å². The van der Waals surface area contributed by atoms with Gasteiger partial charge in [-0.3, -0.25) is 0 Å². The summed E-state index contributed by atoms with van der Waals surface area (Å²) < 4.78 is 5.52. The van der Waals surface area contributed by atoms with Crippen molar-refractivity contribution in [2.24, 2.45) is 0 Å². The molecule has 0 aliphatic heterocycles. The average molecular weight is 237 g/mol. The molecule has 90 valence electrons. The first-order chi connectivity index (χ1) is 8.76. The molecule has 0 fully saturated rings. The topological polar surface area (TPSA) is 33.1 Å². The third kappa shape index (κ3) is 1.90. The van der Waals surface area contributed by atoms with Gasteiger partial charge in [0.1, 0.15) is 5.75 Å². The Morgan fingerprint density at radius 2 is 1.94 bits per heavy atom. The van der Waals surface area contributed by atoms with Gasteiger partial charge in [0, 0.05) is 12.1 Å². The Labute approximate surface area is 106 Å². The fourth-order valence-electron chi connectivity index (χ4n) is 2.34. The maximum absolute atomic E-state index is 7.72. The van der Waals surface area contributed by atoms with Crippen LogP contribution in [-0.2, 0) is 0 Å². The second-order valence-corrected chi connectivity index (χ2v) is 4.50. The van der Waals surface area contributed by atoms with E-state index in [0.29, 0.717) is 12.3 Å². The van der Waals surface area contributed by atoms with Gasteiger partial charge >= 0.3 is 0 Å². The molecule has 2 heteroatoms. The average Bonchev–Trinajstić information content (AvgIpc) is 2.36. The maximum Gasteiger partial charge on any atom is 0.119 e. The molecule has 2 aromatic rings. The molecular weight excluding hydrogens is 222 g/mol. The van der Waals surface area contributed by atoms with Crippen molar-refractivity contribution in [3.63, 3.8) is 0 Å². The summed E-state index contributed by atoms with van der Waals surface area (Å²) in [6.45, 7) is 2.67. The second-order valence-electron chi connectivity index (χ2n) is 4.50. The lowest BCUT2D eigenvalue weighted by Crippen LogP contribution is -2.28. The van der Waals surface area contributed by atoms with Crippen LogP contribution in [0.4, 0.5) is 0 Å². The van der Waals surface area contributed by atoms with E-state index in [4.69, 9.17) is 10.1 Å². The molecule has 0 spiro atoms. The van der Waals surface area contributed by atoms with Crippen LogP contribution in [0.2, 0.25) is 0 Å². The summed E-state index contributed by atoms with van der Waals surface area (Å²) in [7, 11) is 0. The Balaban J connectivity index is 2.26. The largest absolute Gasteiger partial charge is 0.494 e. The normalized spacial score (nSPS) is 13.7. The van der Waals surface area contributed by atoms with Crippen molar-refractivity contribution in [1.82, 2.24) is 0 Å². The van der Waals surface area contributed by atoms with Crippen LogP contribution in [0.5, 0.6) is 5.75 Å². The van der Waals surface area contributed by atoms with Crippen LogP contribution in [-0.4, -0.2) is 12.3 Å². The van der Waals surface area contributed by atoms with Crippen LogP contribution in [0.25, 0.3) is 22.9 Å². The highest BCUT2D eigenvalue weighted by Gasteiger charge is 2.02. The molecule has 1 aliphatic rings. The zero-order valence-corrected chi connectivity index (χ0v) is 10.4. The van der Waals surface area contributed by atoms with E-state index in [1.165, 1.54) is 16.0 Å². The zero-order valence-electron chi connectivity index (χ0n) is 10.4. The Hall–Kier alpha value is -2.09. The molecule has 0 saturated carbocycles. The summed E-state index contributed by atoms with van der Waals surface area (Å²) in [6.07, 6.45) is 4.80. The molecule has 3 rings (SSSR count). The summed E-state index contributed by atoms with van der Waals surface area (Å²) in [5.74, 6) is 0.903. The smallest absolute Gasteiger partial charge is 0.119 e. The van der Waals surface area contributed by atoms with Crippen molar-refractivity contribution in [2.45, 2.75) is 13.3 Å². The second kappa shape index (κ2) is 4.30. The first-order valence-electron chi connectivity index (χ1n) is 6.22. The predicted octanol–water partition coefficient (Wildman–Crippen LogP) is 2.22. The van der Waals surface area contributed by atoms with Gasteiger partial charge in [-0.2, -0.15) is 0 Å². The number of benzene rings is 2. The van der Waals surface area contributed by atoms with Crippen molar-refractivity contribution in [3.05, 3.63) is 40.8 Å². The molecule has 0 aromatic heterocycles. The highest BCUT2D eigenvalue weighted by Crippen LogP contribution is 2.18. The Morgan fingerprint density at radius 3 is 2.78 bits per heavy atom. The molecule has 0 radical (unpaired) electrons. The lowest BCUT2D eigenvalue weighted by Gasteiger charge is -2.07. The van der Waals surface area contributed by atoms with Gasteiger partial charge in [-0.05, 0) is 58.5 Å². The van der Waals surface area contributed by atoms with Crippen molar-refractivity contribution >= 4 is 28.6 Å². The van der Waals surface area contributed by atoms with E-state index in [9.17, 15) is 0 Å². The zero-order chi connectivity index (χ0) is 12.5. The Kier molecular flexibility index (Phi) is 2.63. The Morgan fingerprint density at radius 1 is 1.11 bits per heavy atom. The number of fused-ring (bicyclic) bond motifs is 2. The van der Waals surface area contributed by atoms with E-state index >= 15 is 0 Å². The molecule has 0 heterocycles. The quantitative estimate of drug-likeness (QED) is 0.853. The fourth-order valence-corrected chi connectivity index (χ4v) is 2.34. The van der Waals surface area contributed by atoms with Gasteiger partial charge in [0.25, 0.3) is 0 Å². The van der Waals surface area contributed by atoms with Gasteiger partial charge in [-0.1, -0.05) is 12.1 Å². The van der Waals surface area contributed by atoms with Gasteiger partial charge in [-0.15, -0.1) is 0 Å². The number of hydrogen-bond acceptors (Lipinski definition) is 2. The molecule has 2 aromatic carbocycles. The minimum Gasteiger partial charge on any atom is -0.494 e. The van der Waals surface area contributed by atoms with Crippen LogP contribution in [0.1, 0.15) is 13.3 Å². The summed E-state index contributed by atoms with van der Waals surface area (Å²) in [5.41, 5.74) is 0.669. The highest BCUT2D eigenvalue weighted by atomic mass is 16.5. The fraction of sp³-hybridized carbons (Fsp3) is 0.188. The van der Waals surface area contributed by atoms with Crippen LogP contribution in [0.15, 0.2) is 30.3 Å². The number of ether oxygens (including phenoxy) is 1. The SMILES string of the molecule is CCOc1ccc2cc3c(cc2c1)=CC(=N)CC=3. The molecule has 1 aliphatic carbocycles. The summed E-state index contributed by atoms with van der Waals surface area (Å²) in [5, 5.41) is 12.5. The predicted molar refractivity (Wildman–Crippen MR) is 75.6 cm³/mol. The lowest BCUT2D eigenvalue weighted by atomic mass is 10.0. The van der Waals surface area contributed by atoms with Crippen LogP contribution in [0.3, 0.4) is 0 Å². The number of rotatable bonds is 2. The highest BCUT2D eigenvalue weighted by molar-refractivity contribution is 6.11. The Bertz CT molecular complexity index is 744. The van der Waals surface area contributed by atoms with E-state index in [0.717, 1.165) is 17.4 Å². The first-order valence-corrected chi connectivity index (χ1v) is 6.22. The lowest BCUT2D eigenvalue weighted by molar-refractivity contribution is 0.341. The molecule has 2 nitrogen and oxygen atoms in total. The minimum atomic E-state index is 0.669. The maximum atomic E-state index is 7.72. The number of hydrogen-bond donors (Lipinski definition) is 1. The van der Waals surface area contributed by atoms with E-state index in [2.05, 4.69) is 30.3 Å². The van der Waals surface area contributed by atoms with Gasteiger partial charge in [0.15, 0.2) is 0 Å². The molecule has 0 atom stereocenters. The van der Waals surface area contributed by atoms with Gasteiger partial charge in [0.2, 0.25) is 0 Å². The van der Waals surface area contributed by atoms with E-state index in [1.807, 2.05) is 19.1 Å². The van der Waals surface area contributed by atoms with Crippen molar-refractivity contribution in [1.29, 1.82) is 5.41 Å². The van der Waals surface area contributed by atoms with Crippen molar-refractivity contribution in [3.8, 4) is 5.75 Å². The molecule has 1 N–H and O–H groups in total. The van der Waals surface area contributed by atoms with Crippen molar-refractivity contribution in [2.75, 3.05) is 6.61 Å². The van der Waals surface area contributed by atoms with Gasteiger partial charge in [0.05, 0.1) is 6.61 Å². The molecule has 0 unspecified atom stereocenters. The first kappa shape index (κ1) is 11.0. The number of nitrogens with one attached hydrogen (secondary N) is 1. The van der Waals surface area contributed by atoms with Gasteiger partial charge < -0.3 is 10.1 Å². The molecule has 0 amide bonds. The van der Waals surface area contributed by atoms with Crippen LogP contribution in [0, 0.1) is 5.41 Å². The monoisotopic (exact) mass is 237 g/mol. The van der Waals surface area contributed by atoms with Crippen LogP contribution < -0.4 is 15.2 Å². The molecule has 0 saturated heterocycles. The third-order valence-corrected chi connectivity index (χ3v) is 3.20. The van der Waals surface area contributed by atoms with E-state index in [1.54, 1.807) is 0 Å². The summed E-state index contributed by atoms with van der Waals surface area (Å²) >= 11 is 0. The third-order valence-electron chi connectivity index (χ3n) is 3.20. The molecular formula is C16H15NO. The van der Waals surface area contributed by atoms with Crippen LogP contribution >= 0.6 is 0 Å². The summed E-state index contributed by atoms with van der Waals surface area (Å²) in [6, 6.07) is 10.5. The van der Waals surface area contributed by atoms with E-state index < -0.39 is 0 Å². The van der Waals surface area contributed by atoms with Gasteiger partial charge in [-0.25, -0.2) is 0 Å². The van der Waals surface area contributed by atoms with Crippen molar-refractivity contribution < 1.29 is 4.74 Å². The standard InChI is InChI=1S/C16H15NO/c1-2-18-16-6-4-12-7-11-3-5-15(17)9-13(11)8-14(12)10-16/h3-4,6-10,17H,2,5H2,1H3.